The molecule has 1 N–H and O–H groups in total. The molecule has 6 heteroatoms. The van der Waals surface area contributed by atoms with Crippen LogP contribution in [0.3, 0.4) is 0 Å². The molecular formula is C8H12ClN5. The first kappa shape index (κ1) is 9.45. The van der Waals surface area contributed by atoms with Gasteiger partial charge in [-0.15, -0.1) is 0 Å². The molecule has 1 aliphatic heterocycles. The van der Waals surface area contributed by atoms with Crippen molar-refractivity contribution in [2.24, 2.45) is 0 Å². The number of aromatic nitrogens is 3. The SMILES string of the molecule is CNc1nc(Cl)nc(N2CCCC2)n1. The standard InChI is InChI=1S/C8H12ClN5/c1-10-7-11-6(9)12-8(13-7)14-4-2-3-5-14/h2-5H2,1H3,(H,10,11,12,13). The molecule has 0 spiro atoms. The largest absolute Gasteiger partial charge is 0.357 e. The first-order valence-corrected chi connectivity index (χ1v) is 5.01. The van der Waals surface area contributed by atoms with Gasteiger partial charge < -0.3 is 10.2 Å². The molecule has 2 rings (SSSR count). The molecule has 0 aromatic carbocycles. The molecule has 0 saturated carbocycles. The number of nitrogens with zero attached hydrogens (tertiary/aromatic N) is 4. The average molecular weight is 214 g/mol. The lowest BCUT2D eigenvalue weighted by molar-refractivity contribution is 0.881. The maximum Gasteiger partial charge on any atom is 0.231 e. The van der Waals surface area contributed by atoms with E-state index >= 15 is 0 Å². The van der Waals surface area contributed by atoms with Crippen LogP contribution < -0.4 is 10.2 Å². The second kappa shape index (κ2) is 3.96. The van der Waals surface area contributed by atoms with Gasteiger partial charge in [0.1, 0.15) is 0 Å². The molecule has 1 saturated heterocycles. The number of hydrogen-bond acceptors (Lipinski definition) is 5. The van der Waals surface area contributed by atoms with Gasteiger partial charge in [-0.25, -0.2) is 0 Å². The van der Waals surface area contributed by atoms with Crippen molar-refractivity contribution in [3.63, 3.8) is 0 Å². The minimum absolute atomic E-state index is 0.242. The van der Waals surface area contributed by atoms with Gasteiger partial charge >= 0.3 is 0 Å². The summed E-state index contributed by atoms with van der Waals surface area (Å²) < 4.78 is 0. The van der Waals surface area contributed by atoms with Gasteiger partial charge in [-0.05, 0) is 24.4 Å². The zero-order valence-electron chi connectivity index (χ0n) is 8.00. The molecule has 0 radical (unpaired) electrons. The van der Waals surface area contributed by atoms with Gasteiger partial charge in [0.05, 0.1) is 0 Å². The molecule has 0 bridgehead atoms. The van der Waals surface area contributed by atoms with Crippen molar-refractivity contribution in [2.75, 3.05) is 30.4 Å². The zero-order chi connectivity index (χ0) is 9.97. The first-order valence-electron chi connectivity index (χ1n) is 4.64. The Bertz CT molecular complexity index is 324. The van der Waals surface area contributed by atoms with Crippen molar-refractivity contribution >= 4 is 23.5 Å². The van der Waals surface area contributed by atoms with Crippen molar-refractivity contribution in [1.29, 1.82) is 0 Å². The van der Waals surface area contributed by atoms with Crippen LogP contribution in [0.5, 0.6) is 0 Å². The summed E-state index contributed by atoms with van der Waals surface area (Å²) in [5.74, 6) is 1.19. The van der Waals surface area contributed by atoms with Gasteiger partial charge in [0, 0.05) is 20.1 Å². The Morgan fingerprint density at radius 2 is 1.93 bits per heavy atom. The van der Waals surface area contributed by atoms with Gasteiger partial charge in [-0.3, -0.25) is 0 Å². The lowest BCUT2D eigenvalue weighted by atomic mass is 10.4. The Hall–Kier alpha value is -1.10. The van der Waals surface area contributed by atoms with E-state index in [4.69, 9.17) is 11.6 Å². The summed E-state index contributed by atoms with van der Waals surface area (Å²) in [6, 6.07) is 0. The van der Waals surface area contributed by atoms with E-state index in [2.05, 4.69) is 25.2 Å². The molecule has 0 atom stereocenters. The third kappa shape index (κ3) is 1.87. The summed E-state index contributed by atoms with van der Waals surface area (Å²) in [4.78, 5) is 14.4. The van der Waals surface area contributed by atoms with Crippen LogP contribution in [0, 0.1) is 0 Å². The molecule has 1 fully saturated rings. The second-order valence-electron chi connectivity index (χ2n) is 3.17. The van der Waals surface area contributed by atoms with Crippen molar-refractivity contribution in [2.45, 2.75) is 12.8 Å². The van der Waals surface area contributed by atoms with Crippen LogP contribution in [-0.4, -0.2) is 35.1 Å². The van der Waals surface area contributed by atoms with Crippen molar-refractivity contribution in [3.8, 4) is 0 Å². The molecule has 0 amide bonds. The van der Waals surface area contributed by atoms with E-state index < -0.39 is 0 Å². The molecule has 1 aliphatic rings. The number of anilines is 2. The highest BCUT2D eigenvalue weighted by Crippen LogP contribution is 2.18. The quantitative estimate of drug-likeness (QED) is 0.799. The van der Waals surface area contributed by atoms with Gasteiger partial charge in [-0.2, -0.15) is 15.0 Å². The van der Waals surface area contributed by atoms with E-state index in [1.165, 1.54) is 12.8 Å². The van der Waals surface area contributed by atoms with Gasteiger partial charge in [0.2, 0.25) is 17.2 Å². The van der Waals surface area contributed by atoms with Crippen molar-refractivity contribution in [1.82, 2.24) is 15.0 Å². The Morgan fingerprint density at radius 3 is 2.57 bits per heavy atom. The van der Waals surface area contributed by atoms with Crippen LogP contribution in [0.25, 0.3) is 0 Å². The highest BCUT2D eigenvalue weighted by molar-refractivity contribution is 6.28. The summed E-state index contributed by atoms with van der Waals surface area (Å²) in [6.45, 7) is 2.01. The molecular weight excluding hydrogens is 202 g/mol. The fourth-order valence-corrected chi connectivity index (χ4v) is 1.67. The van der Waals surface area contributed by atoms with E-state index in [1.54, 1.807) is 7.05 Å². The summed E-state index contributed by atoms with van der Waals surface area (Å²) in [5, 5.41) is 3.10. The van der Waals surface area contributed by atoms with Crippen LogP contribution in [-0.2, 0) is 0 Å². The normalized spacial score (nSPS) is 16.0. The molecule has 0 aliphatic carbocycles. The van der Waals surface area contributed by atoms with Crippen LogP contribution in [0.4, 0.5) is 11.9 Å². The summed E-state index contributed by atoms with van der Waals surface area (Å²) in [7, 11) is 1.76. The zero-order valence-corrected chi connectivity index (χ0v) is 8.75. The van der Waals surface area contributed by atoms with Gasteiger partial charge in [0.15, 0.2) is 0 Å². The highest BCUT2D eigenvalue weighted by atomic mass is 35.5. The summed E-state index contributed by atoms with van der Waals surface area (Å²) >= 11 is 5.78. The first-order chi connectivity index (χ1) is 6.79. The Balaban J connectivity index is 2.27. The molecule has 76 valence electrons. The van der Waals surface area contributed by atoms with Crippen molar-refractivity contribution < 1.29 is 0 Å². The number of hydrogen-bond donors (Lipinski definition) is 1. The van der Waals surface area contributed by atoms with E-state index in [1.807, 2.05) is 0 Å². The minimum Gasteiger partial charge on any atom is -0.357 e. The molecule has 1 aromatic heterocycles. The maximum absolute atomic E-state index is 5.78. The van der Waals surface area contributed by atoms with Crippen LogP contribution in [0.15, 0.2) is 0 Å². The lowest BCUT2D eigenvalue weighted by Gasteiger charge is -2.15. The van der Waals surface area contributed by atoms with Crippen LogP contribution in [0.1, 0.15) is 12.8 Å². The second-order valence-corrected chi connectivity index (χ2v) is 3.51. The average Bonchev–Trinajstić information content (AvgIpc) is 2.69. The van der Waals surface area contributed by atoms with Gasteiger partial charge in [-0.1, -0.05) is 0 Å². The van der Waals surface area contributed by atoms with Gasteiger partial charge in [0.25, 0.3) is 0 Å². The Kier molecular flexibility index (Phi) is 2.67. The molecule has 14 heavy (non-hydrogen) atoms. The fraction of sp³-hybridized carbons (Fsp3) is 0.625. The lowest BCUT2D eigenvalue weighted by Crippen LogP contribution is -2.21. The van der Waals surface area contributed by atoms with E-state index in [-0.39, 0.29) is 5.28 Å². The maximum atomic E-state index is 5.78. The third-order valence-corrected chi connectivity index (χ3v) is 2.38. The number of nitrogens with one attached hydrogen (secondary N) is 1. The van der Waals surface area contributed by atoms with Crippen LogP contribution >= 0.6 is 11.6 Å². The fourth-order valence-electron chi connectivity index (χ4n) is 1.51. The minimum atomic E-state index is 0.242. The summed E-state index contributed by atoms with van der Waals surface area (Å²) in [5.41, 5.74) is 0. The molecule has 5 nitrogen and oxygen atoms in total. The topological polar surface area (TPSA) is 53.9 Å². The number of halogens is 1. The monoisotopic (exact) mass is 213 g/mol. The van der Waals surface area contributed by atoms with E-state index in [0.29, 0.717) is 11.9 Å². The summed E-state index contributed by atoms with van der Waals surface area (Å²) in [6.07, 6.45) is 2.39. The van der Waals surface area contributed by atoms with Crippen molar-refractivity contribution in [3.05, 3.63) is 5.28 Å². The predicted octanol–water partition coefficient (Wildman–Crippen LogP) is 1.17. The third-order valence-electron chi connectivity index (χ3n) is 2.21. The number of rotatable bonds is 2. The van der Waals surface area contributed by atoms with Crippen LogP contribution in [0.2, 0.25) is 5.28 Å². The Labute approximate surface area is 87.5 Å². The molecule has 2 heterocycles. The smallest absolute Gasteiger partial charge is 0.231 e. The molecule has 1 aromatic rings. The van der Waals surface area contributed by atoms with E-state index in [9.17, 15) is 0 Å². The Morgan fingerprint density at radius 1 is 1.21 bits per heavy atom. The van der Waals surface area contributed by atoms with E-state index in [0.717, 1.165) is 13.1 Å². The molecule has 0 unspecified atom stereocenters. The highest BCUT2D eigenvalue weighted by Gasteiger charge is 2.16. The predicted molar refractivity (Wildman–Crippen MR) is 55.8 cm³/mol.